The first kappa shape index (κ1) is 14.5. The number of aryl methyl sites for hydroxylation is 1. The molecular weight excluding hydrogens is 330 g/mol. The number of aromatic nitrogens is 4. The second kappa shape index (κ2) is 6.13. The van der Waals surface area contributed by atoms with Crippen molar-refractivity contribution in [3.8, 4) is 11.5 Å². The lowest BCUT2D eigenvalue weighted by Gasteiger charge is -2.15. The van der Waals surface area contributed by atoms with Crippen LogP contribution >= 0.6 is 15.9 Å². The van der Waals surface area contributed by atoms with Gasteiger partial charge in [0, 0.05) is 25.7 Å². The van der Waals surface area contributed by atoms with Crippen LogP contribution in [0.5, 0.6) is 0 Å². The van der Waals surface area contributed by atoms with Crippen molar-refractivity contribution in [2.45, 2.75) is 38.5 Å². The number of hydrogen-bond donors (Lipinski definition) is 1. The van der Waals surface area contributed by atoms with Gasteiger partial charge in [0.2, 0.25) is 0 Å². The molecular formula is C15H20BrN5. The molecule has 2 aromatic heterocycles. The van der Waals surface area contributed by atoms with Crippen molar-refractivity contribution in [1.29, 1.82) is 0 Å². The maximum atomic E-state index is 4.81. The Balaban J connectivity index is 2.07. The molecule has 3 rings (SSSR count). The van der Waals surface area contributed by atoms with E-state index in [1.807, 2.05) is 19.3 Å². The summed E-state index contributed by atoms with van der Waals surface area (Å²) in [5.41, 5.74) is 1.95. The van der Waals surface area contributed by atoms with E-state index in [1.165, 1.54) is 25.7 Å². The van der Waals surface area contributed by atoms with Crippen molar-refractivity contribution in [3.63, 3.8) is 0 Å². The number of rotatable bonds is 4. The molecule has 0 saturated heterocycles. The Morgan fingerprint density at radius 1 is 1.33 bits per heavy atom. The number of hydrogen-bond acceptors (Lipinski definition) is 4. The Labute approximate surface area is 133 Å². The first-order valence-corrected chi connectivity index (χ1v) is 8.29. The van der Waals surface area contributed by atoms with E-state index in [9.17, 15) is 0 Å². The fraction of sp³-hybridized carbons (Fsp3) is 0.533. The highest BCUT2D eigenvalue weighted by molar-refractivity contribution is 9.10. The van der Waals surface area contributed by atoms with Crippen molar-refractivity contribution < 1.29 is 0 Å². The van der Waals surface area contributed by atoms with Crippen LogP contribution in [0.1, 0.15) is 44.2 Å². The van der Waals surface area contributed by atoms with Crippen molar-refractivity contribution in [3.05, 3.63) is 22.4 Å². The van der Waals surface area contributed by atoms with Gasteiger partial charge in [-0.2, -0.15) is 5.10 Å². The van der Waals surface area contributed by atoms with E-state index >= 15 is 0 Å². The summed E-state index contributed by atoms with van der Waals surface area (Å²) in [7, 11) is 1.91. The van der Waals surface area contributed by atoms with E-state index in [2.05, 4.69) is 38.3 Å². The van der Waals surface area contributed by atoms with Gasteiger partial charge < -0.3 is 5.32 Å². The van der Waals surface area contributed by atoms with Crippen LogP contribution in [0, 0.1) is 0 Å². The molecule has 0 unspecified atom stereocenters. The molecule has 5 nitrogen and oxygen atoms in total. The smallest absolute Gasteiger partial charge is 0.182 e. The molecule has 2 aromatic rings. The predicted octanol–water partition coefficient (Wildman–Crippen LogP) is 3.73. The largest absolute Gasteiger partial charge is 0.369 e. The molecule has 0 atom stereocenters. The third-order valence-corrected chi connectivity index (χ3v) is 4.69. The number of anilines is 1. The molecule has 0 aliphatic heterocycles. The van der Waals surface area contributed by atoms with Crippen LogP contribution in [0.2, 0.25) is 0 Å². The van der Waals surface area contributed by atoms with E-state index in [-0.39, 0.29) is 0 Å². The van der Waals surface area contributed by atoms with Gasteiger partial charge in [-0.15, -0.1) is 0 Å². The Bertz CT molecular complexity index is 631. The molecule has 1 aliphatic rings. The zero-order valence-electron chi connectivity index (χ0n) is 12.4. The summed E-state index contributed by atoms with van der Waals surface area (Å²) in [6.07, 6.45) is 6.92. The molecule has 0 radical (unpaired) electrons. The molecule has 0 amide bonds. The van der Waals surface area contributed by atoms with Crippen molar-refractivity contribution >= 4 is 21.7 Å². The number of nitrogens with one attached hydrogen (secondary N) is 1. The molecule has 112 valence electrons. The Morgan fingerprint density at radius 3 is 2.71 bits per heavy atom. The highest BCUT2D eigenvalue weighted by Gasteiger charge is 2.24. The second-order valence-electron chi connectivity index (χ2n) is 5.48. The first-order chi connectivity index (χ1) is 10.2. The summed E-state index contributed by atoms with van der Waals surface area (Å²) in [6, 6.07) is 1.96. The molecule has 0 spiro atoms. The summed E-state index contributed by atoms with van der Waals surface area (Å²) in [5.74, 6) is 2.11. The number of nitrogens with zero attached hydrogens (tertiary/aromatic N) is 4. The van der Waals surface area contributed by atoms with Gasteiger partial charge in [0.25, 0.3) is 0 Å². The third-order valence-electron chi connectivity index (χ3n) is 3.91. The van der Waals surface area contributed by atoms with Gasteiger partial charge in [-0.05, 0) is 41.8 Å². The maximum absolute atomic E-state index is 4.81. The fourth-order valence-electron chi connectivity index (χ4n) is 2.87. The Morgan fingerprint density at radius 2 is 2.10 bits per heavy atom. The minimum atomic E-state index is 0.530. The third kappa shape index (κ3) is 2.95. The van der Waals surface area contributed by atoms with Gasteiger partial charge in [0.15, 0.2) is 5.82 Å². The molecule has 1 saturated carbocycles. The monoisotopic (exact) mass is 349 g/mol. The first-order valence-electron chi connectivity index (χ1n) is 7.50. The molecule has 21 heavy (non-hydrogen) atoms. The molecule has 1 N–H and O–H groups in total. The molecule has 6 heteroatoms. The SMILES string of the molecule is CCNc1nc(-c2ccn(C)n2)nc(C2CCCC2)c1Br. The average Bonchev–Trinajstić information content (AvgIpc) is 3.12. The zero-order valence-corrected chi connectivity index (χ0v) is 14.0. The number of halogens is 1. The van der Waals surface area contributed by atoms with Crippen LogP contribution in [0.25, 0.3) is 11.5 Å². The zero-order chi connectivity index (χ0) is 14.8. The lowest BCUT2D eigenvalue weighted by Crippen LogP contribution is -2.08. The summed E-state index contributed by atoms with van der Waals surface area (Å²) in [4.78, 5) is 9.44. The van der Waals surface area contributed by atoms with E-state index in [0.29, 0.717) is 11.7 Å². The van der Waals surface area contributed by atoms with Crippen LogP contribution in [0.3, 0.4) is 0 Å². The topological polar surface area (TPSA) is 55.6 Å². The van der Waals surface area contributed by atoms with Crippen LogP contribution in [-0.2, 0) is 7.05 Å². The standard InChI is InChI=1S/C15H20BrN5/c1-3-17-15-12(16)13(10-6-4-5-7-10)18-14(19-15)11-8-9-21(2)20-11/h8-10H,3-7H2,1-2H3,(H,17,18,19). The fourth-order valence-corrected chi connectivity index (χ4v) is 3.51. The van der Waals surface area contributed by atoms with Crippen LogP contribution in [0.15, 0.2) is 16.7 Å². The molecule has 1 fully saturated rings. The Kier molecular flexibility index (Phi) is 4.24. The molecule has 0 bridgehead atoms. The molecule has 2 heterocycles. The lowest BCUT2D eigenvalue weighted by atomic mass is 10.0. The van der Waals surface area contributed by atoms with Gasteiger partial charge in [-0.1, -0.05) is 12.8 Å². The van der Waals surface area contributed by atoms with E-state index in [4.69, 9.17) is 4.98 Å². The van der Waals surface area contributed by atoms with Crippen molar-refractivity contribution in [1.82, 2.24) is 19.7 Å². The van der Waals surface area contributed by atoms with Gasteiger partial charge in [0.1, 0.15) is 11.5 Å². The van der Waals surface area contributed by atoms with Gasteiger partial charge in [-0.3, -0.25) is 4.68 Å². The van der Waals surface area contributed by atoms with E-state index in [1.54, 1.807) is 4.68 Å². The summed E-state index contributed by atoms with van der Waals surface area (Å²) >= 11 is 3.69. The van der Waals surface area contributed by atoms with E-state index < -0.39 is 0 Å². The van der Waals surface area contributed by atoms with Gasteiger partial charge in [0.05, 0.1) is 10.2 Å². The predicted molar refractivity (Wildman–Crippen MR) is 87.3 cm³/mol. The van der Waals surface area contributed by atoms with Crippen LogP contribution < -0.4 is 5.32 Å². The average molecular weight is 350 g/mol. The highest BCUT2D eigenvalue weighted by atomic mass is 79.9. The molecule has 0 aromatic carbocycles. The summed E-state index contributed by atoms with van der Waals surface area (Å²) in [5, 5.41) is 7.75. The quantitative estimate of drug-likeness (QED) is 0.913. The second-order valence-corrected chi connectivity index (χ2v) is 6.27. The normalized spacial score (nSPS) is 15.6. The van der Waals surface area contributed by atoms with Crippen molar-refractivity contribution in [2.75, 3.05) is 11.9 Å². The Hall–Kier alpha value is -1.43. The molecule has 1 aliphatic carbocycles. The highest BCUT2D eigenvalue weighted by Crippen LogP contribution is 2.39. The van der Waals surface area contributed by atoms with Crippen LogP contribution in [0.4, 0.5) is 5.82 Å². The minimum Gasteiger partial charge on any atom is -0.369 e. The van der Waals surface area contributed by atoms with Gasteiger partial charge in [-0.25, -0.2) is 9.97 Å². The van der Waals surface area contributed by atoms with Crippen molar-refractivity contribution in [2.24, 2.45) is 7.05 Å². The minimum absolute atomic E-state index is 0.530. The van der Waals surface area contributed by atoms with E-state index in [0.717, 1.165) is 28.2 Å². The summed E-state index contributed by atoms with van der Waals surface area (Å²) < 4.78 is 2.79. The van der Waals surface area contributed by atoms with Crippen LogP contribution in [-0.4, -0.2) is 26.3 Å². The van der Waals surface area contributed by atoms with Gasteiger partial charge >= 0.3 is 0 Å². The lowest BCUT2D eigenvalue weighted by molar-refractivity contribution is 0.690. The summed E-state index contributed by atoms with van der Waals surface area (Å²) in [6.45, 7) is 2.91. The maximum Gasteiger partial charge on any atom is 0.182 e.